The number of benzene rings is 1. The number of carboxylic acid groups (broad SMARTS) is 4. The standard InChI is InChI=1S/C60H96N14O21/c1-31(2)26-41(51(63)86)70-58(93)43(28-35-14-8-7-9-15-35)72-54(89)38(18-21-46(78)79)66-45(77)30-64-60(95)50(33(5)75)74-56(91)40(20-23-48(82)83)68-55(90)39(19-22-47(80)81)69-59(94)44(29-49(84)85)73-57(92)42(27-32(3)4)71-53(88)37(17-11-13-25-62)67-52(87)36(65-34(6)76)16-10-12-24-61/h7-9,14-15,31-33,36-44,50,75H,10-13,16-30,61-62H2,1-6H3,(H2,63,86)(H,64,95)(H,65,76)(H,66,77)(H,67,87)(H,68,90)(H,69,94)(H,70,93)(H,71,88)(H,72,89)(H,73,92)(H,74,91)(H,78,79)(H,80,81)(H,82,83)(H,84,85)/t33-,36+,37+,38+,39+,40+,41+,42+,43+,44+,50+/m1/s1. The number of nitrogens with one attached hydrogen (secondary N) is 11. The third-order valence-corrected chi connectivity index (χ3v) is 14.2. The number of aliphatic hydroxyl groups is 1. The van der Waals surface area contributed by atoms with E-state index in [2.05, 4.69) is 58.5 Å². The molecule has 0 bridgehead atoms. The minimum Gasteiger partial charge on any atom is -0.481 e. The third-order valence-electron chi connectivity index (χ3n) is 14.2. The van der Waals surface area contributed by atoms with Crippen molar-refractivity contribution in [1.82, 2.24) is 58.5 Å². The molecule has 0 saturated carbocycles. The summed E-state index contributed by atoms with van der Waals surface area (Å²) in [5, 5.41) is 75.0. The second-order valence-electron chi connectivity index (χ2n) is 23.6. The van der Waals surface area contributed by atoms with Crippen LogP contribution in [0.2, 0.25) is 0 Å². The van der Waals surface area contributed by atoms with Gasteiger partial charge in [-0.05, 0) is 108 Å². The number of rotatable bonds is 48. The summed E-state index contributed by atoms with van der Waals surface area (Å²) in [5.41, 5.74) is 17.4. The SMILES string of the molecule is CC(=O)N[C@@H](CCCCN)C(=O)N[C@@H](CCCCN)C(=O)N[C@@H](CC(C)C)C(=O)N[C@@H](CC(=O)O)C(=O)N[C@@H](CCC(=O)O)C(=O)N[C@@H](CCC(=O)O)C(=O)N[C@H](C(=O)NCC(=O)N[C@@H](CCC(=O)O)C(=O)N[C@@H](Cc1ccccc1)C(=O)N[C@@H](CC(C)C)C(N)=O)[C@@H](C)O. The van der Waals surface area contributed by atoms with Gasteiger partial charge in [0.1, 0.15) is 60.4 Å². The molecule has 0 saturated heterocycles. The van der Waals surface area contributed by atoms with Crippen LogP contribution < -0.4 is 75.7 Å². The van der Waals surface area contributed by atoms with Crippen molar-refractivity contribution in [2.24, 2.45) is 29.0 Å². The number of unbranched alkanes of at least 4 members (excludes halogenated alkanes) is 2. The van der Waals surface area contributed by atoms with Crippen molar-refractivity contribution in [2.75, 3.05) is 19.6 Å². The van der Waals surface area contributed by atoms with E-state index in [4.69, 9.17) is 17.2 Å². The van der Waals surface area contributed by atoms with Crippen LogP contribution >= 0.6 is 0 Å². The lowest BCUT2D eigenvalue weighted by atomic mass is 10.0. The summed E-state index contributed by atoms with van der Waals surface area (Å²) in [6.45, 7) is 8.58. The van der Waals surface area contributed by atoms with Crippen LogP contribution in [0.4, 0.5) is 0 Å². The smallest absolute Gasteiger partial charge is 0.305 e. The van der Waals surface area contributed by atoms with Gasteiger partial charge in [-0.2, -0.15) is 0 Å². The highest BCUT2D eigenvalue weighted by Crippen LogP contribution is 2.13. The molecule has 0 aliphatic rings. The van der Waals surface area contributed by atoms with Crippen LogP contribution in [0.3, 0.4) is 0 Å². The Bertz CT molecular complexity index is 2790. The van der Waals surface area contributed by atoms with E-state index in [1.54, 1.807) is 58.0 Å². The second-order valence-corrected chi connectivity index (χ2v) is 23.6. The molecule has 1 aromatic carbocycles. The van der Waals surface area contributed by atoms with E-state index in [9.17, 15) is 102 Å². The largest absolute Gasteiger partial charge is 0.481 e. The molecule has 532 valence electrons. The molecule has 0 unspecified atom stereocenters. The number of nitrogens with two attached hydrogens (primary N) is 3. The monoisotopic (exact) mass is 1350 g/mol. The summed E-state index contributed by atoms with van der Waals surface area (Å²) in [4.78, 5) is 210. The van der Waals surface area contributed by atoms with E-state index >= 15 is 0 Å². The van der Waals surface area contributed by atoms with E-state index in [0.29, 0.717) is 37.8 Å². The van der Waals surface area contributed by atoms with Gasteiger partial charge in [-0.25, -0.2) is 0 Å². The topological polar surface area (TPSA) is 585 Å². The molecular weight excluding hydrogens is 1250 g/mol. The predicted molar refractivity (Wildman–Crippen MR) is 337 cm³/mol. The van der Waals surface area contributed by atoms with Crippen LogP contribution in [0.25, 0.3) is 0 Å². The number of hydrogen-bond donors (Lipinski definition) is 19. The molecule has 1 rings (SSSR count). The first kappa shape index (κ1) is 83.6. The van der Waals surface area contributed by atoms with Crippen LogP contribution in [0.5, 0.6) is 0 Å². The van der Waals surface area contributed by atoms with Crippen molar-refractivity contribution >= 4 is 94.8 Å². The molecule has 35 heteroatoms. The van der Waals surface area contributed by atoms with Crippen LogP contribution in [-0.2, 0) is 83.1 Å². The first-order chi connectivity index (χ1) is 44.6. The zero-order chi connectivity index (χ0) is 72.1. The zero-order valence-corrected chi connectivity index (χ0v) is 54.3. The molecule has 12 amide bonds. The van der Waals surface area contributed by atoms with Gasteiger partial charge in [0.15, 0.2) is 0 Å². The lowest BCUT2D eigenvalue weighted by molar-refractivity contribution is -0.142. The number of aliphatic hydroxyl groups excluding tert-OH is 1. The first-order valence-electron chi connectivity index (χ1n) is 31.1. The maximum absolute atomic E-state index is 14.1. The van der Waals surface area contributed by atoms with Crippen molar-refractivity contribution < 1.29 is 102 Å². The molecule has 0 heterocycles. The number of aliphatic carboxylic acids is 4. The Balaban J connectivity index is 3.51. The summed E-state index contributed by atoms with van der Waals surface area (Å²) in [5.74, 6) is -19.2. The fourth-order valence-electron chi connectivity index (χ4n) is 9.33. The highest BCUT2D eigenvalue weighted by atomic mass is 16.4. The Morgan fingerprint density at radius 1 is 0.411 bits per heavy atom. The van der Waals surface area contributed by atoms with Gasteiger partial charge in [0.2, 0.25) is 70.9 Å². The van der Waals surface area contributed by atoms with Gasteiger partial charge in [0.05, 0.1) is 19.1 Å². The van der Waals surface area contributed by atoms with Gasteiger partial charge in [-0.15, -0.1) is 0 Å². The maximum atomic E-state index is 14.1. The van der Waals surface area contributed by atoms with Crippen molar-refractivity contribution in [3.05, 3.63) is 35.9 Å². The van der Waals surface area contributed by atoms with Crippen molar-refractivity contribution in [2.45, 2.75) is 211 Å². The Kier molecular flexibility index (Phi) is 39.0. The lowest BCUT2D eigenvalue weighted by Gasteiger charge is -2.28. The molecule has 22 N–H and O–H groups in total. The zero-order valence-electron chi connectivity index (χ0n) is 54.3. The number of primary amides is 1. The molecule has 1 aromatic rings. The number of amides is 12. The van der Waals surface area contributed by atoms with E-state index in [1.165, 1.54) is 6.92 Å². The minimum atomic E-state index is -2.07. The van der Waals surface area contributed by atoms with Gasteiger partial charge in [-0.1, -0.05) is 58.0 Å². The lowest BCUT2D eigenvalue weighted by Crippen LogP contribution is -2.61. The Morgan fingerprint density at radius 3 is 1.18 bits per heavy atom. The van der Waals surface area contributed by atoms with E-state index in [1.807, 2.05) is 0 Å². The summed E-state index contributed by atoms with van der Waals surface area (Å²) in [6, 6.07) is -7.93. The van der Waals surface area contributed by atoms with Gasteiger partial charge in [0, 0.05) is 32.6 Å². The highest BCUT2D eigenvalue weighted by molar-refractivity contribution is 6.00. The van der Waals surface area contributed by atoms with E-state index in [0.717, 1.165) is 6.92 Å². The molecule has 0 spiro atoms. The van der Waals surface area contributed by atoms with Gasteiger partial charge >= 0.3 is 23.9 Å². The van der Waals surface area contributed by atoms with E-state index in [-0.39, 0.29) is 50.5 Å². The number of hydrogen-bond acceptors (Lipinski definition) is 19. The van der Waals surface area contributed by atoms with Crippen LogP contribution in [0, 0.1) is 11.8 Å². The molecule has 0 aromatic heterocycles. The molecule has 35 nitrogen and oxygen atoms in total. The molecular formula is C60H96N14O21. The number of carbonyl (C=O) groups excluding carboxylic acids is 12. The Hall–Kier alpha value is -9.38. The van der Waals surface area contributed by atoms with Crippen LogP contribution in [-0.4, -0.2) is 206 Å². The van der Waals surface area contributed by atoms with Crippen LogP contribution in [0.1, 0.15) is 143 Å². The van der Waals surface area contributed by atoms with Crippen molar-refractivity contribution in [3.63, 3.8) is 0 Å². The molecule has 0 fully saturated rings. The Morgan fingerprint density at radius 2 is 0.768 bits per heavy atom. The van der Waals surface area contributed by atoms with E-state index < -0.39 is 213 Å². The normalized spacial score (nSPS) is 14.5. The van der Waals surface area contributed by atoms with Gasteiger partial charge in [0.25, 0.3) is 0 Å². The molecule has 0 aliphatic carbocycles. The fraction of sp³-hybridized carbons (Fsp3) is 0.633. The van der Waals surface area contributed by atoms with Gasteiger partial charge < -0.3 is 101 Å². The molecule has 0 aliphatic heterocycles. The summed E-state index contributed by atoms with van der Waals surface area (Å²) in [6.07, 6.45) is -5.83. The average molecular weight is 1350 g/mol. The highest BCUT2D eigenvalue weighted by Gasteiger charge is 2.37. The van der Waals surface area contributed by atoms with Gasteiger partial charge in [-0.3, -0.25) is 76.7 Å². The molecule has 95 heavy (non-hydrogen) atoms. The quantitative estimate of drug-likeness (QED) is 0.0274. The summed E-state index contributed by atoms with van der Waals surface area (Å²) < 4.78 is 0. The van der Waals surface area contributed by atoms with Crippen molar-refractivity contribution in [1.29, 1.82) is 0 Å². The average Bonchev–Trinajstić information content (AvgIpc) is 1.01. The van der Waals surface area contributed by atoms with Crippen molar-refractivity contribution in [3.8, 4) is 0 Å². The maximum Gasteiger partial charge on any atom is 0.305 e. The first-order valence-corrected chi connectivity index (χ1v) is 31.1. The molecule has 11 atom stereocenters. The fourth-order valence-corrected chi connectivity index (χ4v) is 9.33. The summed E-state index contributed by atoms with van der Waals surface area (Å²) in [7, 11) is 0. The third kappa shape index (κ3) is 34.9. The second kappa shape index (κ2) is 44.3. The Labute approximate surface area is 549 Å². The molecule has 0 radical (unpaired) electrons. The number of carboxylic acids is 4. The minimum absolute atomic E-state index is 0.0104. The predicted octanol–water partition coefficient (Wildman–Crippen LogP) is -4.50. The number of carbonyl (C=O) groups is 16. The summed E-state index contributed by atoms with van der Waals surface area (Å²) >= 11 is 0. The van der Waals surface area contributed by atoms with Crippen LogP contribution in [0.15, 0.2) is 30.3 Å².